The van der Waals surface area contributed by atoms with Crippen LogP contribution < -0.4 is 5.32 Å². The maximum atomic E-state index is 11.4. The van der Waals surface area contributed by atoms with Crippen LogP contribution in [0.4, 0.5) is 5.13 Å². The first kappa shape index (κ1) is 14.6. The van der Waals surface area contributed by atoms with Gasteiger partial charge >= 0.3 is 5.97 Å². The summed E-state index contributed by atoms with van der Waals surface area (Å²) in [4.78, 5) is 31.9. The van der Waals surface area contributed by atoms with Crippen LogP contribution in [0.15, 0.2) is 6.20 Å². The molecule has 20 heavy (non-hydrogen) atoms. The van der Waals surface area contributed by atoms with Crippen molar-refractivity contribution in [3.05, 3.63) is 26.7 Å². The van der Waals surface area contributed by atoms with Crippen LogP contribution in [0.1, 0.15) is 49.9 Å². The molecule has 0 aromatic carbocycles. The summed E-state index contributed by atoms with van der Waals surface area (Å²) >= 11 is 2.61. The molecule has 0 bridgehead atoms. The summed E-state index contributed by atoms with van der Waals surface area (Å²) in [6, 6.07) is -0.0960. The Balaban J connectivity index is 2.23. The fraction of sp³-hybridized carbons (Fsp3) is 0.333. The molecule has 0 saturated carbocycles. The molecular formula is C12H13N3O3S2. The summed E-state index contributed by atoms with van der Waals surface area (Å²) in [5, 5.41) is 13.4. The topological polar surface area (TPSA) is 92.2 Å². The Bertz CT molecular complexity index is 631. The van der Waals surface area contributed by atoms with E-state index in [1.165, 1.54) is 6.92 Å². The van der Waals surface area contributed by atoms with Gasteiger partial charge in [-0.1, -0.05) is 11.3 Å². The highest BCUT2D eigenvalue weighted by Gasteiger charge is 2.21. The predicted molar refractivity (Wildman–Crippen MR) is 78.0 cm³/mol. The molecule has 2 aromatic rings. The monoisotopic (exact) mass is 311 g/mol. The highest BCUT2D eigenvalue weighted by molar-refractivity contribution is 7.17. The average molecular weight is 311 g/mol. The van der Waals surface area contributed by atoms with E-state index in [2.05, 4.69) is 15.3 Å². The third-order valence-corrected chi connectivity index (χ3v) is 4.68. The van der Waals surface area contributed by atoms with Gasteiger partial charge in [-0.15, -0.1) is 11.3 Å². The highest BCUT2D eigenvalue weighted by Crippen LogP contribution is 2.28. The maximum absolute atomic E-state index is 11.4. The van der Waals surface area contributed by atoms with E-state index in [1.54, 1.807) is 17.5 Å². The minimum absolute atomic E-state index is 0.0960. The van der Waals surface area contributed by atoms with Crippen LogP contribution in [0.5, 0.6) is 0 Å². The zero-order chi connectivity index (χ0) is 14.9. The summed E-state index contributed by atoms with van der Waals surface area (Å²) in [5.74, 6) is -1.50. The minimum Gasteiger partial charge on any atom is -0.476 e. The molecule has 2 aromatic heterocycles. The van der Waals surface area contributed by atoms with Gasteiger partial charge in [-0.25, -0.2) is 14.8 Å². The van der Waals surface area contributed by atoms with E-state index in [-0.39, 0.29) is 22.4 Å². The Morgan fingerprint density at radius 3 is 2.55 bits per heavy atom. The van der Waals surface area contributed by atoms with Crippen LogP contribution >= 0.6 is 22.7 Å². The van der Waals surface area contributed by atoms with Crippen LogP contribution in [0.25, 0.3) is 0 Å². The summed E-state index contributed by atoms with van der Waals surface area (Å²) in [6.07, 6.45) is 1.78. The van der Waals surface area contributed by atoms with Gasteiger partial charge in [-0.2, -0.15) is 0 Å². The number of ketones is 1. The van der Waals surface area contributed by atoms with Crippen LogP contribution in [0, 0.1) is 6.92 Å². The number of rotatable bonds is 5. The Hall–Kier alpha value is -1.80. The maximum Gasteiger partial charge on any atom is 0.356 e. The lowest BCUT2D eigenvalue weighted by Crippen LogP contribution is -2.07. The van der Waals surface area contributed by atoms with E-state index in [4.69, 9.17) is 5.11 Å². The van der Waals surface area contributed by atoms with Gasteiger partial charge in [0.2, 0.25) is 0 Å². The first-order chi connectivity index (χ1) is 9.38. The number of carbonyl (C=O) groups excluding carboxylic acids is 1. The molecule has 6 nitrogen and oxygen atoms in total. The lowest BCUT2D eigenvalue weighted by molar-refractivity contribution is 0.0687. The fourth-order valence-corrected chi connectivity index (χ4v) is 3.30. The SMILES string of the molecule is CC(=O)c1sc(NC(C)c2ncc(C)s2)nc1C(=O)O. The van der Waals surface area contributed by atoms with Crippen LogP contribution in [-0.2, 0) is 0 Å². The number of nitrogens with zero attached hydrogens (tertiary/aromatic N) is 2. The summed E-state index contributed by atoms with van der Waals surface area (Å²) in [6.45, 7) is 5.21. The number of carboxylic acid groups (broad SMARTS) is 1. The van der Waals surface area contributed by atoms with Crippen LogP contribution in [0.2, 0.25) is 0 Å². The van der Waals surface area contributed by atoms with Gasteiger partial charge < -0.3 is 10.4 Å². The Labute approximate surface area is 123 Å². The minimum atomic E-state index is -1.20. The molecule has 1 unspecified atom stereocenters. The summed E-state index contributed by atoms with van der Waals surface area (Å²) in [7, 11) is 0. The van der Waals surface area contributed by atoms with Gasteiger partial charge in [0.05, 0.1) is 6.04 Å². The standard InChI is InChI=1S/C12H13N3O3S2/c1-5-4-13-10(19-5)6(2)14-12-15-8(11(17)18)9(20-12)7(3)16/h4,6H,1-3H3,(H,14,15)(H,17,18). The van der Waals surface area contributed by atoms with E-state index in [1.807, 2.05) is 13.8 Å². The molecule has 0 aliphatic rings. The van der Waals surface area contributed by atoms with Crippen molar-refractivity contribution in [3.8, 4) is 0 Å². The number of carbonyl (C=O) groups is 2. The molecule has 8 heteroatoms. The van der Waals surface area contributed by atoms with Crippen molar-refractivity contribution in [3.63, 3.8) is 0 Å². The predicted octanol–water partition coefficient (Wildman–Crippen LogP) is 2.98. The molecule has 2 N–H and O–H groups in total. The molecule has 1 atom stereocenters. The van der Waals surface area contributed by atoms with Gasteiger partial charge in [0.25, 0.3) is 0 Å². The number of nitrogens with one attached hydrogen (secondary N) is 1. The molecule has 106 valence electrons. The summed E-state index contributed by atoms with van der Waals surface area (Å²) in [5.41, 5.74) is -0.201. The lowest BCUT2D eigenvalue weighted by Gasteiger charge is -2.08. The Morgan fingerprint density at radius 2 is 2.10 bits per heavy atom. The molecule has 0 radical (unpaired) electrons. The van der Waals surface area contributed by atoms with E-state index < -0.39 is 5.97 Å². The first-order valence-electron chi connectivity index (χ1n) is 5.82. The van der Waals surface area contributed by atoms with Crippen molar-refractivity contribution in [1.82, 2.24) is 9.97 Å². The number of anilines is 1. The van der Waals surface area contributed by atoms with Crippen LogP contribution in [0.3, 0.4) is 0 Å². The third-order valence-electron chi connectivity index (χ3n) is 2.50. The molecule has 0 amide bonds. The van der Waals surface area contributed by atoms with Crippen molar-refractivity contribution in [2.24, 2.45) is 0 Å². The molecular weight excluding hydrogens is 298 g/mol. The molecule has 0 saturated heterocycles. The van der Waals surface area contributed by atoms with E-state index in [9.17, 15) is 9.59 Å². The number of aromatic nitrogens is 2. The first-order valence-corrected chi connectivity index (χ1v) is 7.45. The van der Waals surface area contributed by atoms with E-state index in [0.29, 0.717) is 5.13 Å². The van der Waals surface area contributed by atoms with Crippen molar-refractivity contribution < 1.29 is 14.7 Å². The molecule has 2 heterocycles. The normalized spacial score (nSPS) is 12.2. The number of hydrogen-bond donors (Lipinski definition) is 2. The van der Waals surface area contributed by atoms with Crippen molar-refractivity contribution in [1.29, 1.82) is 0 Å². The van der Waals surface area contributed by atoms with Crippen molar-refractivity contribution in [2.75, 3.05) is 5.32 Å². The third kappa shape index (κ3) is 3.02. The molecule has 0 fully saturated rings. The number of carboxylic acids is 1. The lowest BCUT2D eigenvalue weighted by atomic mass is 10.3. The Kier molecular flexibility index (Phi) is 4.15. The van der Waals surface area contributed by atoms with Crippen LogP contribution in [-0.4, -0.2) is 26.8 Å². The van der Waals surface area contributed by atoms with Gasteiger partial charge in [0.15, 0.2) is 16.6 Å². The van der Waals surface area contributed by atoms with Gasteiger partial charge in [0, 0.05) is 18.0 Å². The van der Waals surface area contributed by atoms with Gasteiger partial charge in [0.1, 0.15) is 9.88 Å². The van der Waals surface area contributed by atoms with E-state index in [0.717, 1.165) is 21.2 Å². The second kappa shape index (κ2) is 5.68. The fourth-order valence-electron chi connectivity index (χ4n) is 1.58. The number of aromatic carboxylic acids is 1. The zero-order valence-electron chi connectivity index (χ0n) is 11.1. The average Bonchev–Trinajstić information content (AvgIpc) is 2.95. The summed E-state index contributed by atoms with van der Waals surface area (Å²) < 4.78 is 0. The molecule has 0 spiro atoms. The number of aryl methyl sites for hydroxylation is 1. The number of thiazole rings is 2. The second-order valence-corrected chi connectivity index (χ2v) is 6.50. The zero-order valence-corrected chi connectivity index (χ0v) is 12.8. The van der Waals surface area contributed by atoms with Crippen molar-refractivity contribution >= 4 is 39.6 Å². The van der Waals surface area contributed by atoms with Gasteiger partial charge in [-0.05, 0) is 13.8 Å². The van der Waals surface area contributed by atoms with Gasteiger partial charge in [-0.3, -0.25) is 4.79 Å². The Morgan fingerprint density at radius 1 is 1.40 bits per heavy atom. The van der Waals surface area contributed by atoms with E-state index >= 15 is 0 Å². The number of Topliss-reactive ketones (excluding diaryl/α,β-unsaturated/α-hetero) is 1. The highest BCUT2D eigenvalue weighted by atomic mass is 32.1. The smallest absolute Gasteiger partial charge is 0.356 e. The largest absolute Gasteiger partial charge is 0.476 e. The molecule has 0 aliphatic carbocycles. The quantitative estimate of drug-likeness (QED) is 0.825. The second-order valence-electron chi connectivity index (χ2n) is 4.23. The van der Waals surface area contributed by atoms with Crippen molar-refractivity contribution in [2.45, 2.75) is 26.8 Å². The molecule has 2 rings (SSSR count). The molecule has 0 aliphatic heterocycles. The number of hydrogen-bond acceptors (Lipinski definition) is 7.